The molecule has 0 aromatic heterocycles. The first-order chi connectivity index (χ1) is 9.99. The number of carbonyl (C=O) groups excluding carboxylic acids is 2. The second-order valence-corrected chi connectivity index (χ2v) is 4.55. The van der Waals surface area contributed by atoms with Crippen molar-refractivity contribution in [3.05, 3.63) is 34.4 Å². The highest BCUT2D eigenvalue weighted by Gasteiger charge is 2.30. The molecule has 0 saturated carbocycles. The number of urea groups is 1. The topological polar surface area (TPSA) is 131 Å². The molecule has 1 aliphatic heterocycles. The molecule has 1 fully saturated rings. The highest BCUT2D eigenvalue weighted by atomic mass is 16.6. The standard InChI is InChI=1S/C12H15N5O4/c13-11(18)10-7-14-5-6-16(10)12(19)15-8-1-3-9(4-2-8)17(20)21/h1-4,10,14H,5-7H2,(H2,13,18)(H,15,19). The normalized spacial score (nSPS) is 18.1. The number of nitrogens with one attached hydrogen (secondary N) is 2. The van der Waals surface area contributed by atoms with Crippen LogP contribution in [0, 0.1) is 10.1 Å². The zero-order chi connectivity index (χ0) is 15.4. The van der Waals surface area contributed by atoms with E-state index in [0.717, 1.165) is 0 Å². The number of anilines is 1. The number of benzene rings is 1. The first kappa shape index (κ1) is 14.7. The number of nitro groups is 1. The minimum absolute atomic E-state index is 0.0646. The van der Waals surface area contributed by atoms with E-state index in [1.165, 1.54) is 29.2 Å². The Morgan fingerprint density at radius 1 is 1.38 bits per heavy atom. The first-order valence-electron chi connectivity index (χ1n) is 6.31. The van der Waals surface area contributed by atoms with Crippen molar-refractivity contribution < 1.29 is 14.5 Å². The Kier molecular flexibility index (Phi) is 4.33. The van der Waals surface area contributed by atoms with Crippen LogP contribution in [0.4, 0.5) is 16.2 Å². The number of hydrogen-bond acceptors (Lipinski definition) is 5. The first-order valence-corrected chi connectivity index (χ1v) is 6.31. The Bertz CT molecular complexity index is 559. The minimum Gasteiger partial charge on any atom is -0.368 e. The SMILES string of the molecule is NC(=O)C1CNCCN1C(=O)Nc1ccc([N+](=O)[O-])cc1. The van der Waals surface area contributed by atoms with E-state index in [1.54, 1.807) is 0 Å². The summed E-state index contributed by atoms with van der Waals surface area (Å²) in [5.41, 5.74) is 5.61. The summed E-state index contributed by atoms with van der Waals surface area (Å²) in [5.74, 6) is -0.582. The highest BCUT2D eigenvalue weighted by Crippen LogP contribution is 2.16. The monoisotopic (exact) mass is 293 g/mol. The summed E-state index contributed by atoms with van der Waals surface area (Å²) in [7, 11) is 0. The smallest absolute Gasteiger partial charge is 0.322 e. The summed E-state index contributed by atoms with van der Waals surface area (Å²) in [5, 5.41) is 16.1. The van der Waals surface area contributed by atoms with Gasteiger partial charge in [-0.15, -0.1) is 0 Å². The van der Waals surface area contributed by atoms with Crippen LogP contribution in [0.15, 0.2) is 24.3 Å². The van der Waals surface area contributed by atoms with Crippen molar-refractivity contribution in [1.82, 2.24) is 10.2 Å². The fourth-order valence-electron chi connectivity index (χ4n) is 2.06. The number of carbonyl (C=O) groups is 2. The van der Waals surface area contributed by atoms with Crippen LogP contribution >= 0.6 is 0 Å². The molecule has 0 spiro atoms. The number of amides is 3. The molecule has 0 bridgehead atoms. The molecule has 1 unspecified atom stereocenters. The lowest BCUT2D eigenvalue weighted by molar-refractivity contribution is -0.384. The molecule has 3 amide bonds. The molecule has 1 heterocycles. The van der Waals surface area contributed by atoms with Gasteiger partial charge in [-0.05, 0) is 12.1 Å². The van der Waals surface area contributed by atoms with Crippen LogP contribution < -0.4 is 16.4 Å². The molecule has 1 aliphatic rings. The maximum Gasteiger partial charge on any atom is 0.322 e. The van der Waals surface area contributed by atoms with Crippen LogP contribution in [0.25, 0.3) is 0 Å². The van der Waals surface area contributed by atoms with Gasteiger partial charge in [-0.1, -0.05) is 0 Å². The fourth-order valence-corrected chi connectivity index (χ4v) is 2.06. The summed E-state index contributed by atoms with van der Waals surface area (Å²) in [6.45, 7) is 1.23. The van der Waals surface area contributed by atoms with E-state index in [4.69, 9.17) is 5.73 Å². The van der Waals surface area contributed by atoms with Gasteiger partial charge in [0.15, 0.2) is 0 Å². The summed E-state index contributed by atoms with van der Waals surface area (Å²) in [4.78, 5) is 34.8. The molecular weight excluding hydrogens is 278 g/mol. The lowest BCUT2D eigenvalue weighted by Gasteiger charge is -2.34. The maximum absolute atomic E-state index is 12.1. The van der Waals surface area contributed by atoms with E-state index < -0.39 is 22.9 Å². The van der Waals surface area contributed by atoms with Crippen molar-refractivity contribution in [2.24, 2.45) is 5.73 Å². The Balaban J connectivity index is 2.05. The van der Waals surface area contributed by atoms with Gasteiger partial charge in [0.25, 0.3) is 5.69 Å². The van der Waals surface area contributed by atoms with E-state index in [2.05, 4.69) is 10.6 Å². The molecule has 1 aromatic rings. The van der Waals surface area contributed by atoms with Gasteiger partial charge in [0.2, 0.25) is 5.91 Å². The zero-order valence-corrected chi connectivity index (χ0v) is 11.1. The van der Waals surface area contributed by atoms with Crippen LogP contribution in [0.2, 0.25) is 0 Å². The number of nitro benzene ring substituents is 1. The second kappa shape index (κ2) is 6.18. The Hall–Kier alpha value is -2.68. The van der Waals surface area contributed by atoms with E-state index in [0.29, 0.717) is 25.3 Å². The highest BCUT2D eigenvalue weighted by molar-refractivity contribution is 5.93. The lowest BCUT2D eigenvalue weighted by atomic mass is 10.2. The average molecular weight is 293 g/mol. The summed E-state index contributed by atoms with van der Waals surface area (Å²) in [6, 6.07) is 4.26. The Morgan fingerprint density at radius 2 is 2.05 bits per heavy atom. The minimum atomic E-state index is -0.711. The third-order valence-electron chi connectivity index (χ3n) is 3.16. The van der Waals surface area contributed by atoms with Crippen molar-refractivity contribution in [1.29, 1.82) is 0 Å². The molecule has 9 nitrogen and oxygen atoms in total. The predicted molar refractivity (Wildman–Crippen MR) is 74.7 cm³/mol. The Labute approximate surface area is 120 Å². The van der Waals surface area contributed by atoms with Gasteiger partial charge in [-0.3, -0.25) is 14.9 Å². The number of rotatable bonds is 3. The van der Waals surface area contributed by atoms with Gasteiger partial charge in [0.05, 0.1) is 4.92 Å². The van der Waals surface area contributed by atoms with Crippen molar-refractivity contribution in [3.63, 3.8) is 0 Å². The molecule has 1 aromatic carbocycles. The van der Waals surface area contributed by atoms with Gasteiger partial charge in [-0.2, -0.15) is 0 Å². The number of primary amides is 1. The molecule has 0 aliphatic carbocycles. The second-order valence-electron chi connectivity index (χ2n) is 4.55. The van der Waals surface area contributed by atoms with Gasteiger partial charge < -0.3 is 21.3 Å². The molecule has 21 heavy (non-hydrogen) atoms. The van der Waals surface area contributed by atoms with Crippen molar-refractivity contribution in [3.8, 4) is 0 Å². The van der Waals surface area contributed by atoms with Crippen LogP contribution in [-0.4, -0.2) is 47.4 Å². The largest absolute Gasteiger partial charge is 0.368 e. The maximum atomic E-state index is 12.1. The summed E-state index contributed by atoms with van der Waals surface area (Å²) >= 11 is 0. The number of nitrogens with two attached hydrogens (primary N) is 1. The third-order valence-corrected chi connectivity index (χ3v) is 3.16. The number of nitrogens with zero attached hydrogens (tertiary/aromatic N) is 2. The quantitative estimate of drug-likeness (QED) is 0.528. The fraction of sp³-hybridized carbons (Fsp3) is 0.333. The van der Waals surface area contributed by atoms with Gasteiger partial charge in [-0.25, -0.2) is 4.79 Å². The molecule has 112 valence electrons. The van der Waals surface area contributed by atoms with Gasteiger partial charge in [0.1, 0.15) is 6.04 Å². The van der Waals surface area contributed by atoms with Crippen molar-refractivity contribution in [2.45, 2.75) is 6.04 Å². The van der Waals surface area contributed by atoms with Crippen LogP contribution in [0.1, 0.15) is 0 Å². The van der Waals surface area contributed by atoms with Crippen LogP contribution in [-0.2, 0) is 4.79 Å². The predicted octanol–water partition coefficient (Wildman–Crippen LogP) is -0.114. The Morgan fingerprint density at radius 3 is 2.62 bits per heavy atom. The molecule has 0 radical (unpaired) electrons. The molecule has 1 atom stereocenters. The third kappa shape index (κ3) is 3.45. The van der Waals surface area contributed by atoms with Crippen LogP contribution in [0.5, 0.6) is 0 Å². The number of non-ortho nitro benzene ring substituents is 1. The van der Waals surface area contributed by atoms with Crippen molar-refractivity contribution >= 4 is 23.3 Å². The van der Waals surface area contributed by atoms with E-state index in [-0.39, 0.29) is 5.69 Å². The molecule has 4 N–H and O–H groups in total. The van der Waals surface area contributed by atoms with Crippen LogP contribution in [0.3, 0.4) is 0 Å². The molecule has 2 rings (SSSR count). The molecular formula is C12H15N5O4. The van der Waals surface area contributed by atoms with E-state index in [1.807, 2.05) is 0 Å². The summed E-state index contributed by atoms with van der Waals surface area (Å²) in [6.07, 6.45) is 0. The molecule has 1 saturated heterocycles. The number of hydrogen-bond donors (Lipinski definition) is 3. The van der Waals surface area contributed by atoms with E-state index >= 15 is 0 Å². The lowest BCUT2D eigenvalue weighted by Crippen LogP contribution is -2.59. The van der Waals surface area contributed by atoms with Crippen molar-refractivity contribution in [2.75, 3.05) is 25.0 Å². The van der Waals surface area contributed by atoms with Gasteiger partial charge in [0, 0.05) is 37.5 Å². The van der Waals surface area contributed by atoms with E-state index in [9.17, 15) is 19.7 Å². The van der Waals surface area contributed by atoms with Gasteiger partial charge >= 0.3 is 6.03 Å². The summed E-state index contributed by atoms with van der Waals surface area (Å²) < 4.78 is 0. The number of piperazine rings is 1. The molecule has 9 heteroatoms. The zero-order valence-electron chi connectivity index (χ0n) is 11.1. The average Bonchev–Trinajstić information content (AvgIpc) is 2.47.